The van der Waals surface area contributed by atoms with E-state index in [1.165, 1.54) is 7.11 Å². The largest absolute Gasteiger partial charge is 0.492 e. The number of nitrogens with zero attached hydrogens (tertiary/aromatic N) is 3. The maximum atomic E-state index is 12.4. The molecule has 2 heterocycles. The molecule has 0 spiro atoms. The number of rotatable bonds is 11. The first-order valence-electron chi connectivity index (χ1n) is 13.9. The summed E-state index contributed by atoms with van der Waals surface area (Å²) in [4.78, 5) is 46.8. The van der Waals surface area contributed by atoms with E-state index in [4.69, 9.17) is 14.2 Å². The highest BCUT2D eigenvalue weighted by atomic mass is 16.6. The molecule has 2 aromatic carbocycles. The number of ether oxygens (including phenoxy) is 3. The smallest absolute Gasteiger partial charge is 0.325 e. The molecule has 228 valence electrons. The van der Waals surface area contributed by atoms with Gasteiger partial charge in [-0.3, -0.25) is 19.3 Å². The van der Waals surface area contributed by atoms with Crippen LogP contribution >= 0.6 is 0 Å². The maximum Gasteiger partial charge on any atom is 0.325 e. The van der Waals surface area contributed by atoms with Gasteiger partial charge >= 0.3 is 11.9 Å². The maximum absolute atomic E-state index is 12.4. The molecule has 12 nitrogen and oxygen atoms in total. The van der Waals surface area contributed by atoms with Crippen molar-refractivity contribution in [2.24, 2.45) is 0 Å². The van der Waals surface area contributed by atoms with Crippen LogP contribution in [0.3, 0.4) is 0 Å². The molecule has 43 heavy (non-hydrogen) atoms. The molecule has 1 aliphatic rings. The molecule has 1 amide bonds. The topological polar surface area (TPSA) is 152 Å². The van der Waals surface area contributed by atoms with Gasteiger partial charge in [-0.2, -0.15) is 0 Å². The Labute approximate surface area is 250 Å². The van der Waals surface area contributed by atoms with Crippen LogP contribution in [0.2, 0.25) is 0 Å². The molecule has 1 aliphatic heterocycles. The number of esters is 2. The van der Waals surface area contributed by atoms with Gasteiger partial charge in [-0.1, -0.05) is 12.1 Å². The van der Waals surface area contributed by atoms with E-state index in [1.807, 2.05) is 29.2 Å². The normalized spacial score (nSPS) is 16.8. The predicted molar refractivity (Wildman–Crippen MR) is 159 cm³/mol. The lowest BCUT2D eigenvalue weighted by Gasteiger charge is -2.21. The van der Waals surface area contributed by atoms with Crippen molar-refractivity contribution in [2.75, 3.05) is 38.7 Å². The van der Waals surface area contributed by atoms with E-state index in [0.29, 0.717) is 43.4 Å². The average Bonchev–Trinajstić information content (AvgIpc) is 3.36. The zero-order chi connectivity index (χ0) is 31.0. The Kier molecular flexibility index (Phi) is 10.3. The molecule has 0 bridgehead atoms. The molecule has 1 aromatic heterocycles. The van der Waals surface area contributed by atoms with E-state index < -0.39 is 23.7 Å². The quantitative estimate of drug-likeness (QED) is 0.282. The van der Waals surface area contributed by atoms with Crippen LogP contribution in [-0.2, 0) is 19.1 Å². The van der Waals surface area contributed by atoms with Crippen LogP contribution in [0.15, 0.2) is 60.9 Å². The van der Waals surface area contributed by atoms with Crippen LogP contribution in [0.25, 0.3) is 11.1 Å². The van der Waals surface area contributed by atoms with Gasteiger partial charge in [0.2, 0.25) is 5.95 Å². The van der Waals surface area contributed by atoms with E-state index in [9.17, 15) is 19.5 Å². The van der Waals surface area contributed by atoms with Gasteiger partial charge in [0, 0.05) is 48.7 Å². The number of anilines is 2. The predicted octanol–water partition coefficient (Wildman–Crippen LogP) is 2.95. The Morgan fingerprint density at radius 1 is 1.00 bits per heavy atom. The van der Waals surface area contributed by atoms with E-state index in [-0.39, 0.29) is 18.4 Å². The molecular weight excluding hydrogens is 554 g/mol. The van der Waals surface area contributed by atoms with Crippen molar-refractivity contribution in [3.8, 4) is 16.9 Å². The van der Waals surface area contributed by atoms with Gasteiger partial charge in [-0.05, 0) is 62.7 Å². The summed E-state index contributed by atoms with van der Waals surface area (Å²) in [7, 11) is 1.34. The van der Waals surface area contributed by atoms with Crippen LogP contribution in [-0.4, -0.2) is 88.9 Å². The second-order valence-electron chi connectivity index (χ2n) is 11.1. The number of aliphatic hydroxyl groups is 1. The van der Waals surface area contributed by atoms with Crippen molar-refractivity contribution in [1.29, 1.82) is 0 Å². The Morgan fingerprint density at radius 3 is 2.30 bits per heavy atom. The lowest BCUT2D eigenvalue weighted by molar-refractivity contribution is -0.153. The number of β-amino-alcohol motifs (C(OH)–C–C–N with tert-alkyl or cyclic N) is 1. The van der Waals surface area contributed by atoms with E-state index in [1.54, 1.807) is 57.4 Å². The molecule has 1 fully saturated rings. The third kappa shape index (κ3) is 9.22. The van der Waals surface area contributed by atoms with Crippen LogP contribution in [0, 0.1) is 0 Å². The Morgan fingerprint density at radius 2 is 1.67 bits per heavy atom. The number of hydrogen-bond acceptors (Lipinski definition) is 11. The van der Waals surface area contributed by atoms with Crippen molar-refractivity contribution >= 4 is 29.5 Å². The number of likely N-dealkylation sites (tertiary alicyclic amines) is 1. The second kappa shape index (κ2) is 14.1. The average molecular weight is 592 g/mol. The fourth-order valence-corrected chi connectivity index (χ4v) is 4.54. The minimum atomic E-state index is -0.614. The summed E-state index contributed by atoms with van der Waals surface area (Å²) in [5.74, 6) is -0.143. The zero-order valence-corrected chi connectivity index (χ0v) is 24.7. The second-order valence-corrected chi connectivity index (χ2v) is 11.1. The summed E-state index contributed by atoms with van der Waals surface area (Å²) in [5.41, 5.74) is 2.18. The van der Waals surface area contributed by atoms with Crippen molar-refractivity contribution < 1.29 is 33.7 Å². The Balaban J connectivity index is 1.24. The summed E-state index contributed by atoms with van der Waals surface area (Å²) in [6, 6.07) is 13.8. The number of carbonyl (C=O) groups is 3. The van der Waals surface area contributed by atoms with Crippen LogP contribution in [0.1, 0.15) is 37.6 Å². The summed E-state index contributed by atoms with van der Waals surface area (Å²) >= 11 is 0. The number of nitrogens with one attached hydrogen (secondary N) is 2. The fourth-order valence-electron chi connectivity index (χ4n) is 4.54. The molecule has 1 saturated heterocycles. The fraction of sp³-hybridized carbons (Fsp3) is 0.387. The van der Waals surface area contributed by atoms with E-state index in [2.05, 4.69) is 20.6 Å². The third-order valence-corrected chi connectivity index (χ3v) is 6.56. The van der Waals surface area contributed by atoms with Gasteiger partial charge in [0.1, 0.15) is 30.5 Å². The monoisotopic (exact) mass is 591 g/mol. The summed E-state index contributed by atoms with van der Waals surface area (Å²) < 4.78 is 15.8. The lowest BCUT2D eigenvalue weighted by atomic mass is 10.1. The summed E-state index contributed by atoms with van der Waals surface area (Å²) in [6.45, 7) is 6.34. The van der Waals surface area contributed by atoms with Crippen molar-refractivity contribution in [3.63, 3.8) is 0 Å². The molecule has 12 heteroatoms. The zero-order valence-electron chi connectivity index (χ0n) is 24.7. The van der Waals surface area contributed by atoms with E-state index >= 15 is 0 Å². The number of hydrogen-bond donors (Lipinski definition) is 3. The highest BCUT2D eigenvalue weighted by molar-refractivity contribution is 5.96. The first kappa shape index (κ1) is 31.4. The highest BCUT2D eigenvalue weighted by Crippen LogP contribution is 2.22. The van der Waals surface area contributed by atoms with Gasteiger partial charge in [0.25, 0.3) is 5.91 Å². The third-order valence-electron chi connectivity index (χ3n) is 6.56. The molecule has 4 rings (SSSR count). The minimum Gasteiger partial charge on any atom is -0.492 e. The summed E-state index contributed by atoms with van der Waals surface area (Å²) in [6.07, 6.45) is 3.17. The summed E-state index contributed by atoms with van der Waals surface area (Å²) in [5, 5.41) is 15.6. The van der Waals surface area contributed by atoms with Crippen molar-refractivity contribution in [1.82, 2.24) is 20.2 Å². The molecule has 3 N–H and O–H groups in total. The number of amides is 1. The molecular formula is C31H37N5O7. The van der Waals surface area contributed by atoms with Crippen LogP contribution < -0.4 is 15.4 Å². The van der Waals surface area contributed by atoms with Gasteiger partial charge in [-0.25, -0.2) is 9.97 Å². The minimum absolute atomic E-state index is 0.209. The molecule has 0 saturated carbocycles. The Hall–Kier alpha value is -4.55. The molecule has 2 atom stereocenters. The number of methoxy groups -OCH3 is 1. The van der Waals surface area contributed by atoms with Gasteiger partial charge in [0.15, 0.2) is 0 Å². The van der Waals surface area contributed by atoms with Gasteiger partial charge < -0.3 is 30.0 Å². The number of aliphatic hydroxyl groups excluding tert-OH is 1. The highest BCUT2D eigenvalue weighted by Gasteiger charge is 2.36. The number of benzene rings is 2. The Bertz CT molecular complexity index is 1390. The van der Waals surface area contributed by atoms with Gasteiger partial charge in [0.05, 0.1) is 13.2 Å². The van der Waals surface area contributed by atoms with Crippen molar-refractivity contribution in [2.45, 2.75) is 44.9 Å². The lowest BCUT2D eigenvalue weighted by Crippen LogP contribution is -2.39. The SMILES string of the molecule is COC(=O)[C@@H]1C[C@@H](O)CN1CCOc1ccc(Nc2ncc(-c3ccc(C(=O)NCC(=O)OC(C)(C)C)cc3)cn2)cc1. The van der Waals surface area contributed by atoms with Crippen LogP contribution in [0.4, 0.5) is 11.6 Å². The number of carbonyl (C=O) groups excluding carboxylic acids is 3. The van der Waals surface area contributed by atoms with Gasteiger partial charge in [-0.15, -0.1) is 0 Å². The van der Waals surface area contributed by atoms with Crippen molar-refractivity contribution in [3.05, 3.63) is 66.5 Å². The molecule has 0 unspecified atom stereocenters. The molecule has 3 aromatic rings. The number of aromatic nitrogens is 2. The van der Waals surface area contributed by atoms with E-state index in [0.717, 1.165) is 16.8 Å². The first-order chi connectivity index (χ1) is 20.5. The molecule has 0 radical (unpaired) electrons. The first-order valence-corrected chi connectivity index (χ1v) is 13.9. The molecule has 0 aliphatic carbocycles. The van der Waals surface area contributed by atoms with Crippen LogP contribution in [0.5, 0.6) is 5.75 Å². The standard InChI is InChI=1S/C31H37N5O7/c1-31(2,3)43-27(38)18-32-28(39)21-7-5-20(6-8-21)22-16-33-30(34-17-22)35-23-9-11-25(12-10-23)42-14-13-36-19-24(37)15-26(36)29(40)41-4/h5-12,16-17,24,26,37H,13-15,18-19H2,1-4H3,(H,32,39)(H,33,34,35)/t24-,26+/m1/s1.